The number of aliphatic hydroxyl groups is 1. The summed E-state index contributed by atoms with van der Waals surface area (Å²) in [4.78, 5) is 12.1. The van der Waals surface area contributed by atoms with Gasteiger partial charge in [0.1, 0.15) is 6.04 Å². The van der Waals surface area contributed by atoms with Crippen LogP contribution in [0.25, 0.3) is 0 Å². The maximum Gasteiger partial charge on any atom is 0.322 e. The van der Waals surface area contributed by atoms with Crippen LogP contribution >= 0.6 is 11.8 Å². The zero-order valence-electron chi connectivity index (χ0n) is 4.67. The number of aliphatic carboxylic acids is 1. The minimum Gasteiger partial charge on any atom is -0.480 e. The van der Waals surface area contributed by atoms with Gasteiger partial charge in [-0.05, 0) is 18.2 Å². The van der Waals surface area contributed by atoms with Crippen molar-refractivity contribution in [3.63, 3.8) is 0 Å². The molecular weight excluding hydrogens is 146 g/mol. The van der Waals surface area contributed by atoms with Gasteiger partial charge in [0.05, 0.1) is 0 Å². The fourth-order valence-corrected chi connectivity index (χ4v) is 0.556. The molecule has 0 aliphatic heterocycles. The number of nitrogens with one attached hydrogen (secondary N) is 1. The molecule has 9 heavy (non-hydrogen) atoms. The number of halogens is 1. The molecule has 0 fully saturated rings. The molecule has 0 aliphatic carbocycles. The van der Waals surface area contributed by atoms with E-state index in [9.17, 15) is 4.79 Å². The fraction of sp³-hybridized carbons (Fsp3) is 0.750. The van der Waals surface area contributed by atoms with Crippen LogP contribution in [0.4, 0.5) is 0 Å². The number of carbonyl (C=O) groups is 1. The van der Waals surface area contributed by atoms with Crippen LogP contribution in [0.3, 0.4) is 0 Å². The van der Waals surface area contributed by atoms with Gasteiger partial charge in [-0.3, -0.25) is 4.79 Å². The van der Waals surface area contributed by atoms with Crippen molar-refractivity contribution in [3.8, 4) is 0 Å². The summed E-state index contributed by atoms with van der Waals surface area (Å²) in [5.41, 5.74) is 0. The van der Waals surface area contributed by atoms with Crippen molar-refractivity contribution in [1.29, 1.82) is 0 Å². The van der Waals surface area contributed by atoms with Crippen LogP contribution in [-0.2, 0) is 4.79 Å². The predicted molar refractivity (Wildman–Crippen MR) is 32.1 cm³/mol. The topological polar surface area (TPSA) is 69.6 Å². The Balaban J connectivity index is 3.54. The van der Waals surface area contributed by atoms with Crippen LogP contribution in [0.1, 0.15) is 6.42 Å². The molecule has 5 heteroatoms. The summed E-state index contributed by atoms with van der Waals surface area (Å²) in [5, 5.41) is 16.5. The second kappa shape index (κ2) is 4.55. The number of aliphatic hydroxyl groups excluding tert-OH is 1. The Morgan fingerprint density at radius 1 is 1.78 bits per heavy atom. The second-order valence-electron chi connectivity index (χ2n) is 1.51. The molecule has 0 aromatic carbocycles. The summed E-state index contributed by atoms with van der Waals surface area (Å²) in [7, 11) is 0. The summed E-state index contributed by atoms with van der Waals surface area (Å²) in [5.74, 6) is -1.06. The molecule has 0 saturated heterocycles. The molecule has 0 radical (unpaired) electrons. The molecule has 1 unspecified atom stereocenters. The zero-order chi connectivity index (χ0) is 7.28. The van der Waals surface area contributed by atoms with Crippen LogP contribution in [0, 0.1) is 0 Å². The molecule has 0 amide bonds. The summed E-state index contributed by atoms with van der Waals surface area (Å²) in [6, 6.07) is -0.850. The first-order chi connectivity index (χ1) is 4.22. The summed E-state index contributed by atoms with van der Waals surface area (Å²) in [6.07, 6.45) is 0.124. The van der Waals surface area contributed by atoms with E-state index in [4.69, 9.17) is 22.0 Å². The van der Waals surface area contributed by atoms with E-state index in [2.05, 4.69) is 0 Å². The van der Waals surface area contributed by atoms with Gasteiger partial charge in [0.2, 0.25) is 0 Å². The van der Waals surface area contributed by atoms with Crippen LogP contribution in [0.15, 0.2) is 0 Å². The Labute approximate surface area is 57.5 Å². The molecule has 4 nitrogen and oxygen atoms in total. The quantitative estimate of drug-likeness (QED) is 0.480. The van der Waals surface area contributed by atoms with Gasteiger partial charge in [0, 0.05) is 6.61 Å². The van der Waals surface area contributed by atoms with Crippen molar-refractivity contribution in [1.82, 2.24) is 4.84 Å². The minimum atomic E-state index is -1.06. The Bertz CT molecular complexity index is 97.8. The van der Waals surface area contributed by atoms with E-state index >= 15 is 0 Å². The highest BCUT2D eigenvalue weighted by Crippen LogP contribution is 1.91. The lowest BCUT2D eigenvalue weighted by molar-refractivity contribution is -0.139. The van der Waals surface area contributed by atoms with E-state index < -0.39 is 12.0 Å². The normalized spacial score (nSPS) is 13.1. The number of rotatable bonds is 4. The van der Waals surface area contributed by atoms with Crippen LogP contribution in [0.5, 0.6) is 0 Å². The second-order valence-corrected chi connectivity index (χ2v) is 1.73. The van der Waals surface area contributed by atoms with Crippen LogP contribution < -0.4 is 4.84 Å². The van der Waals surface area contributed by atoms with E-state index in [1.54, 1.807) is 0 Å². The molecule has 54 valence electrons. The van der Waals surface area contributed by atoms with E-state index in [0.717, 1.165) is 0 Å². The summed E-state index contributed by atoms with van der Waals surface area (Å²) < 4.78 is 0. The highest BCUT2D eigenvalue weighted by atomic mass is 35.5. The largest absolute Gasteiger partial charge is 0.480 e. The van der Waals surface area contributed by atoms with Gasteiger partial charge in [0.25, 0.3) is 0 Å². The van der Waals surface area contributed by atoms with Crippen molar-refractivity contribution in [3.05, 3.63) is 0 Å². The molecule has 0 aliphatic rings. The maximum absolute atomic E-state index is 10.1. The smallest absolute Gasteiger partial charge is 0.322 e. The van der Waals surface area contributed by atoms with Crippen molar-refractivity contribution in [2.24, 2.45) is 0 Å². The molecule has 0 rings (SSSR count). The average molecular weight is 154 g/mol. The fourth-order valence-electron chi connectivity index (χ4n) is 0.354. The summed E-state index contributed by atoms with van der Waals surface area (Å²) >= 11 is 5.00. The number of carboxylic acid groups (broad SMARTS) is 1. The van der Waals surface area contributed by atoms with Gasteiger partial charge in [-0.25, -0.2) is 4.84 Å². The molecule has 0 spiro atoms. The Morgan fingerprint density at radius 2 is 2.33 bits per heavy atom. The summed E-state index contributed by atoms with van der Waals surface area (Å²) in [6.45, 7) is -0.184. The first-order valence-electron chi connectivity index (χ1n) is 2.42. The maximum atomic E-state index is 10.1. The van der Waals surface area contributed by atoms with Crippen molar-refractivity contribution < 1.29 is 15.0 Å². The molecule has 0 aromatic rings. The molecule has 0 aromatic heterocycles. The van der Waals surface area contributed by atoms with Crippen molar-refractivity contribution >= 4 is 17.7 Å². The highest BCUT2D eigenvalue weighted by Gasteiger charge is 2.13. The lowest BCUT2D eigenvalue weighted by Gasteiger charge is -2.05. The standard InChI is InChI=1S/C4H8ClNO3/c5-6-3(1-2-7)4(8)9/h3,6-7H,1-2H2,(H,8,9). The average Bonchev–Trinajstić information content (AvgIpc) is 1.82. The first kappa shape index (κ1) is 8.68. The lowest BCUT2D eigenvalue weighted by atomic mass is 10.2. The Hall–Kier alpha value is -0.320. The Morgan fingerprint density at radius 3 is 2.44 bits per heavy atom. The monoisotopic (exact) mass is 153 g/mol. The molecule has 3 N–H and O–H groups in total. The number of hydrogen-bond acceptors (Lipinski definition) is 3. The van der Waals surface area contributed by atoms with Crippen molar-refractivity contribution in [2.45, 2.75) is 12.5 Å². The van der Waals surface area contributed by atoms with E-state index in [1.807, 2.05) is 4.84 Å². The highest BCUT2D eigenvalue weighted by molar-refractivity contribution is 6.14. The number of hydrogen-bond donors (Lipinski definition) is 3. The van der Waals surface area contributed by atoms with Gasteiger partial charge < -0.3 is 10.2 Å². The first-order valence-corrected chi connectivity index (χ1v) is 2.80. The van der Waals surface area contributed by atoms with Gasteiger partial charge in [-0.1, -0.05) is 0 Å². The van der Waals surface area contributed by atoms with E-state index in [1.165, 1.54) is 0 Å². The number of carboxylic acids is 1. The van der Waals surface area contributed by atoms with Crippen LogP contribution in [-0.4, -0.2) is 28.8 Å². The van der Waals surface area contributed by atoms with Gasteiger partial charge in [0.15, 0.2) is 0 Å². The van der Waals surface area contributed by atoms with Gasteiger partial charge in [-0.2, -0.15) is 0 Å². The SMILES string of the molecule is O=C(O)C(CCO)NCl. The molecule has 1 atom stereocenters. The van der Waals surface area contributed by atoms with Gasteiger partial charge >= 0.3 is 5.97 Å². The van der Waals surface area contributed by atoms with Crippen LogP contribution in [0.2, 0.25) is 0 Å². The minimum absolute atomic E-state index is 0.124. The van der Waals surface area contributed by atoms with E-state index in [0.29, 0.717) is 0 Å². The van der Waals surface area contributed by atoms with Crippen molar-refractivity contribution in [2.75, 3.05) is 6.61 Å². The molecule has 0 bridgehead atoms. The lowest BCUT2D eigenvalue weighted by Crippen LogP contribution is -2.31. The molecular formula is C4H8ClNO3. The molecule has 0 heterocycles. The third-order valence-electron chi connectivity index (χ3n) is 0.848. The van der Waals surface area contributed by atoms with E-state index in [-0.39, 0.29) is 13.0 Å². The Kier molecular flexibility index (Phi) is 4.39. The third kappa shape index (κ3) is 3.29. The third-order valence-corrected chi connectivity index (χ3v) is 1.11. The molecule has 0 saturated carbocycles. The van der Waals surface area contributed by atoms with Gasteiger partial charge in [-0.15, -0.1) is 0 Å². The predicted octanol–water partition coefficient (Wildman–Crippen LogP) is -0.435. The zero-order valence-corrected chi connectivity index (χ0v) is 5.43.